The Bertz CT molecular complexity index is 1170. The van der Waals surface area contributed by atoms with E-state index in [1.54, 1.807) is 45.0 Å². The van der Waals surface area contributed by atoms with Crippen molar-refractivity contribution in [3.8, 4) is 17.2 Å². The smallest absolute Gasteiger partial charge is 0.410 e. The van der Waals surface area contributed by atoms with Crippen molar-refractivity contribution in [2.24, 2.45) is 0 Å². The largest absolute Gasteiger partial charge is 0.444 e. The molecule has 0 bridgehead atoms. The summed E-state index contributed by atoms with van der Waals surface area (Å²) in [4.78, 5) is 41.1. The number of anilines is 1. The molecule has 178 valence electrons. The predicted molar refractivity (Wildman–Crippen MR) is 121 cm³/mol. The van der Waals surface area contributed by atoms with Crippen LogP contribution in [0.25, 0.3) is 11.1 Å². The van der Waals surface area contributed by atoms with E-state index in [0.717, 1.165) is 4.90 Å². The molecule has 34 heavy (non-hydrogen) atoms. The van der Waals surface area contributed by atoms with Crippen LogP contribution in [0.3, 0.4) is 0 Å². The maximum absolute atomic E-state index is 15.6. The molecule has 10 nitrogen and oxygen atoms in total. The van der Waals surface area contributed by atoms with Crippen molar-refractivity contribution < 1.29 is 23.6 Å². The quantitative estimate of drug-likeness (QED) is 0.523. The Balaban J connectivity index is 1.82. The van der Waals surface area contributed by atoms with Crippen LogP contribution in [0.5, 0.6) is 0 Å². The van der Waals surface area contributed by atoms with E-state index in [4.69, 9.17) is 10.00 Å². The van der Waals surface area contributed by atoms with Crippen molar-refractivity contribution in [1.82, 2.24) is 9.88 Å². The number of amides is 2. The first kappa shape index (κ1) is 24.6. The van der Waals surface area contributed by atoms with Crippen LogP contribution in [0, 0.1) is 21.4 Å². The van der Waals surface area contributed by atoms with Crippen molar-refractivity contribution in [3.05, 3.63) is 52.2 Å². The maximum Gasteiger partial charge on any atom is 0.410 e. The Labute approximate surface area is 195 Å². The lowest BCUT2D eigenvalue weighted by Gasteiger charge is -2.36. The molecule has 1 atom stereocenters. The molecule has 2 heterocycles. The number of benzene rings is 1. The summed E-state index contributed by atoms with van der Waals surface area (Å²) in [5, 5.41) is 22.9. The molecule has 1 aromatic heterocycles. The minimum absolute atomic E-state index is 0.162. The van der Waals surface area contributed by atoms with Gasteiger partial charge >= 0.3 is 11.8 Å². The van der Waals surface area contributed by atoms with Gasteiger partial charge in [0.2, 0.25) is 11.5 Å². The van der Waals surface area contributed by atoms with E-state index in [9.17, 15) is 19.7 Å². The number of carbonyl (C=O) groups excluding carboxylic acids is 2. The summed E-state index contributed by atoms with van der Waals surface area (Å²) in [6, 6.07) is 9.60. The van der Waals surface area contributed by atoms with E-state index < -0.39 is 46.2 Å². The Kier molecular flexibility index (Phi) is 6.81. The normalized spacial score (nSPS) is 18.0. The van der Waals surface area contributed by atoms with Crippen LogP contribution in [-0.2, 0) is 9.53 Å². The van der Waals surface area contributed by atoms with Gasteiger partial charge in [-0.1, -0.05) is 12.1 Å². The van der Waals surface area contributed by atoms with E-state index in [0.29, 0.717) is 16.7 Å². The fourth-order valence-electron chi connectivity index (χ4n) is 3.51. The van der Waals surface area contributed by atoms with Crippen molar-refractivity contribution in [2.45, 2.75) is 44.9 Å². The molecule has 1 aromatic carbocycles. The number of nitrogens with zero attached hydrogens (tertiary/aromatic N) is 4. The summed E-state index contributed by atoms with van der Waals surface area (Å²) >= 11 is 0. The van der Waals surface area contributed by atoms with Crippen LogP contribution >= 0.6 is 0 Å². The third-order valence-corrected chi connectivity index (χ3v) is 5.12. The summed E-state index contributed by atoms with van der Waals surface area (Å²) in [6.07, 6.45) is 0.602. The molecule has 1 aliphatic rings. The minimum atomic E-state index is -2.47. The predicted octanol–water partition coefficient (Wildman–Crippen LogP) is 4.21. The zero-order valence-corrected chi connectivity index (χ0v) is 19.0. The van der Waals surface area contributed by atoms with E-state index in [1.165, 1.54) is 12.3 Å². The van der Waals surface area contributed by atoms with Crippen LogP contribution in [-0.4, -0.2) is 51.2 Å². The number of hydrogen-bond donors (Lipinski definition) is 1. The molecule has 1 saturated heterocycles. The first-order valence-electron chi connectivity index (χ1n) is 10.6. The zero-order chi connectivity index (χ0) is 25.1. The first-order valence-corrected chi connectivity index (χ1v) is 10.6. The Morgan fingerprint density at radius 3 is 2.71 bits per heavy atom. The maximum atomic E-state index is 15.6. The molecule has 1 fully saturated rings. The second kappa shape index (κ2) is 9.43. The van der Waals surface area contributed by atoms with E-state index in [-0.39, 0.29) is 19.4 Å². The third-order valence-electron chi connectivity index (χ3n) is 5.12. The van der Waals surface area contributed by atoms with E-state index in [1.807, 2.05) is 6.07 Å². The highest BCUT2D eigenvalue weighted by Gasteiger charge is 2.45. The number of nitrogens with one attached hydrogen (secondary N) is 1. The molecule has 3 rings (SSSR count). The van der Waals surface area contributed by atoms with Gasteiger partial charge in [0.05, 0.1) is 23.1 Å². The number of hydrogen-bond acceptors (Lipinski definition) is 7. The number of piperidine rings is 1. The lowest BCUT2D eigenvalue weighted by atomic mass is 9.94. The highest BCUT2D eigenvalue weighted by molar-refractivity contribution is 5.98. The SMILES string of the molecule is CC(C)(C)OC(=O)N1CCCC(F)(C(=O)Nc2ncc(-c3cccc(C#N)c3)cc2[N+](=O)[O-])C1. The Hall–Kier alpha value is -4.07. The molecule has 0 aliphatic carbocycles. The molecule has 0 radical (unpaired) electrons. The molecule has 2 aromatic rings. The number of carbonyl (C=O) groups is 2. The molecule has 0 saturated carbocycles. The molecular weight excluding hydrogens is 445 g/mol. The number of nitro groups is 1. The second-order valence-corrected chi connectivity index (χ2v) is 8.97. The molecule has 0 spiro atoms. The minimum Gasteiger partial charge on any atom is -0.444 e. The van der Waals surface area contributed by atoms with E-state index >= 15 is 4.39 Å². The average molecular weight is 469 g/mol. The van der Waals surface area contributed by atoms with Gasteiger partial charge in [-0.3, -0.25) is 14.9 Å². The van der Waals surface area contributed by atoms with Crippen molar-refractivity contribution in [2.75, 3.05) is 18.4 Å². The number of ether oxygens (including phenoxy) is 1. The van der Waals surface area contributed by atoms with Gasteiger partial charge in [0.1, 0.15) is 5.60 Å². The summed E-state index contributed by atoms with van der Waals surface area (Å²) < 4.78 is 20.8. The fraction of sp³-hybridized carbons (Fsp3) is 0.391. The van der Waals surface area contributed by atoms with Gasteiger partial charge in [0.25, 0.3) is 5.91 Å². The number of nitriles is 1. The summed E-state index contributed by atoms with van der Waals surface area (Å²) in [6.45, 7) is 4.71. The van der Waals surface area contributed by atoms with Crippen LogP contribution < -0.4 is 5.32 Å². The van der Waals surface area contributed by atoms with Crippen molar-refractivity contribution >= 4 is 23.5 Å². The number of halogens is 1. The zero-order valence-electron chi connectivity index (χ0n) is 19.0. The van der Waals surface area contributed by atoms with Crippen LogP contribution in [0.1, 0.15) is 39.2 Å². The lowest BCUT2D eigenvalue weighted by molar-refractivity contribution is -0.384. The van der Waals surface area contributed by atoms with Crippen LogP contribution in [0.2, 0.25) is 0 Å². The number of aromatic nitrogens is 1. The van der Waals surface area contributed by atoms with E-state index in [2.05, 4.69) is 10.3 Å². The Morgan fingerprint density at radius 2 is 2.06 bits per heavy atom. The number of alkyl halides is 1. The molecule has 11 heteroatoms. The average Bonchev–Trinajstić information content (AvgIpc) is 2.78. The first-order chi connectivity index (χ1) is 15.9. The highest BCUT2D eigenvalue weighted by Crippen LogP contribution is 2.32. The summed E-state index contributed by atoms with van der Waals surface area (Å²) in [7, 11) is 0. The number of likely N-dealkylation sites (tertiary alicyclic amines) is 1. The van der Waals surface area contributed by atoms with Gasteiger partial charge in [-0.05, 0) is 51.3 Å². The third kappa shape index (κ3) is 5.64. The van der Waals surface area contributed by atoms with Crippen molar-refractivity contribution in [3.63, 3.8) is 0 Å². The van der Waals surface area contributed by atoms with Gasteiger partial charge in [0, 0.05) is 24.4 Å². The molecule has 2 amide bonds. The molecule has 1 aliphatic heterocycles. The molecule has 1 N–H and O–H groups in total. The monoisotopic (exact) mass is 469 g/mol. The molecular formula is C23H24FN5O5. The van der Waals surface area contributed by atoms with Crippen LogP contribution in [0.15, 0.2) is 36.5 Å². The van der Waals surface area contributed by atoms with Gasteiger partial charge in [-0.2, -0.15) is 5.26 Å². The fourth-order valence-corrected chi connectivity index (χ4v) is 3.51. The van der Waals surface area contributed by atoms with Gasteiger partial charge < -0.3 is 15.0 Å². The van der Waals surface area contributed by atoms with Gasteiger partial charge in [0.15, 0.2) is 0 Å². The van der Waals surface area contributed by atoms with Crippen molar-refractivity contribution in [1.29, 1.82) is 5.26 Å². The number of pyridine rings is 1. The Morgan fingerprint density at radius 1 is 1.32 bits per heavy atom. The second-order valence-electron chi connectivity index (χ2n) is 8.97. The molecule has 1 unspecified atom stereocenters. The standard InChI is InChI=1S/C23H24FN5O5/c1-22(2,3)34-21(31)28-9-5-8-23(24,14-28)20(30)27-19-18(29(32)33)11-17(13-26-19)16-7-4-6-15(10-16)12-25/h4,6-7,10-11,13H,5,8-9,14H2,1-3H3,(H,26,27,30). The van der Waals surface area contributed by atoms with Gasteiger partial charge in [-0.25, -0.2) is 14.2 Å². The van der Waals surface area contributed by atoms with Crippen LogP contribution in [0.4, 0.5) is 20.7 Å². The lowest BCUT2D eigenvalue weighted by Crippen LogP contribution is -2.54. The van der Waals surface area contributed by atoms with Gasteiger partial charge in [-0.15, -0.1) is 0 Å². The number of rotatable bonds is 4. The highest BCUT2D eigenvalue weighted by atomic mass is 19.1. The summed E-state index contributed by atoms with van der Waals surface area (Å²) in [5.74, 6) is -1.54. The topological polar surface area (TPSA) is 138 Å². The summed E-state index contributed by atoms with van der Waals surface area (Å²) in [5.41, 5.74) is -2.54.